The van der Waals surface area contributed by atoms with Gasteiger partial charge in [0.05, 0.1) is 12.6 Å². The smallest absolute Gasteiger partial charge is 0.267 e. The minimum absolute atomic E-state index is 0.0227. The number of fused-ring (bicyclic) bond motifs is 4. The largest absolute Gasteiger partial charge is 0.357 e. The Morgan fingerprint density at radius 3 is 2.79 bits per heavy atom. The van der Waals surface area contributed by atoms with Crippen molar-refractivity contribution >= 4 is 11.8 Å². The molecule has 0 aromatic carbocycles. The Bertz CT molecular complexity index is 936. The summed E-state index contributed by atoms with van der Waals surface area (Å²) in [6.45, 7) is 4.76. The highest BCUT2D eigenvalue weighted by atomic mass is 16.2. The third-order valence-corrected chi connectivity index (χ3v) is 5.93. The number of nitrogens with zero attached hydrogens (tertiary/aromatic N) is 2. The first-order valence-electron chi connectivity index (χ1n) is 10.2. The third kappa shape index (κ3) is 3.98. The number of aromatic nitrogens is 2. The number of hydrogen-bond donors (Lipinski definition) is 3. The number of H-pyrrole nitrogens is 1. The molecule has 0 aliphatic carbocycles. The molecule has 2 aromatic heterocycles. The quantitative estimate of drug-likeness (QED) is 0.668. The molecular formula is C21H27N5O3. The Hall–Kier alpha value is -2.87. The first kappa shape index (κ1) is 19.4. The molecule has 8 nitrogen and oxygen atoms in total. The average Bonchev–Trinajstić information content (AvgIpc) is 3.23. The second-order valence-corrected chi connectivity index (χ2v) is 7.86. The van der Waals surface area contributed by atoms with Crippen LogP contribution in [-0.4, -0.2) is 59.0 Å². The first-order chi connectivity index (χ1) is 14.1. The summed E-state index contributed by atoms with van der Waals surface area (Å²) < 4.78 is 1.86. The summed E-state index contributed by atoms with van der Waals surface area (Å²) in [5, 5.41) is 5.83. The molecule has 0 saturated carbocycles. The van der Waals surface area contributed by atoms with Crippen LogP contribution >= 0.6 is 0 Å². The number of hydrogen-bond acceptors (Lipinski definition) is 4. The van der Waals surface area contributed by atoms with E-state index < -0.39 is 0 Å². The average molecular weight is 397 g/mol. The zero-order chi connectivity index (χ0) is 20.4. The van der Waals surface area contributed by atoms with Gasteiger partial charge in [-0.2, -0.15) is 0 Å². The van der Waals surface area contributed by atoms with Crippen LogP contribution in [0.4, 0.5) is 0 Å². The number of likely N-dealkylation sites (N-methyl/N-ethyl adjacent to an activating group) is 1. The molecule has 4 rings (SSSR count). The predicted octanol–water partition coefficient (Wildman–Crippen LogP) is 0.703. The highest BCUT2D eigenvalue weighted by molar-refractivity contribution is 5.92. The number of amides is 2. The van der Waals surface area contributed by atoms with Crippen LogP contribution in [0, 0.1) is 5.92 Å². The number of rotatable bonds is 6. The zero-order valence-electron chi connectivity index (χ0n) is 16.6. The molecule has 3 atom stereocenters. The van der Waals surface area contributed by atoms with Gasteiger partial charge in [0.1, 0.15) is 5.69 Å². The van der Waals surface area contributed by atoms with E-state index in [4.69, 9.17) is 0 Å². The van der Waals surface area contributed by atoms with Crippen molar-refractivity contribution in [3.8, 4) is 0 Å². The van der Waals surface area contributed by atoms with E-state index in [0.29, 0.717) is 25.3 Å². The summed E-state index contributed by atoms with van der Waals surface area (Å²) in [5.74, 6) is 0.249. The number of piperidine rings is 1. The third-order valence-electron chi connectivity index (χ3n) is 5.93. The van der Waals surface area contributed by atoms with Gasteiger partial charge in [-0.1, -0.05) is 6.07 Å². The van der Waals surface area contributed by atoms with Gasteiger partial charge in [-0.3, -0.25) is 19.3 Å². The molecule has 3 N–H and O–H groups in total. The summed E-state index contributed by atoms with van der Waals surface area (Å²) in [4.78, 5) is 42.3. The van der Waals surface area contributed by atoms with E-state index in [2.05, 4.69) is 20.5 Å². The summed E-state index contributed by atoms with van der Waals surface area (Å²) in [6, 6.07) is 8.74. The van der Waals surface area contributed by atoms with Gasteiger partial charge in [-0.15, -0.1) is 0 Å². The van der Waals surface area contributed by atoms with Crippen molar-refractivity contribution in [1.29, 1.82) is 0 Å². The molecule has 29 heavy (non-hydrogen) atoms. The van der Waals surface area contributed by atoms with Gasteiger partial charge in [0.25, 0.3) is 11.5 Å². The summed E-state index contributed by atoms with van der Waals surface area (Å²) in [6.07, 6.45) is 2.67. The van der Waals surface area contributed by atoms with Crippen molar-refractivity contribution in [2.75, 3.05) is 32.7 Å². The van der Waals surface area contributed by atoms with Crippen LogP contribution in [0.2, 0.25) is 0 Å². The zero-order valence-corrected chi connectivity index (χ0v) is 16.6. The monoisotopic (exact) mass is 397 g/mol. The van der Waals surface area contributed by atoms with Crippen LogP contribution in [-0.2, 0) is 4.79 Å². The molecular weight excluding hydrogens is 370 g/mol. The first-order valence-corrected chi connectivity index (χ1v) is 10.2. The Balaban J connectivity index is 1.56. The van der Waals surface area contributed by atoms with Gasteiger partial charge in [0, 0.05) is 50.1 Å². The maximum Gasteiger partial charge on any atom is 0.267 e. The normalized spacial score (nSPS) is 23.3. The van der Waals surface area contributed by atoms with Crippen LogP contribution in [0.25, 0.3) is 0 Å². The van der Waals surface area contributed by atoms with Crippen LogP contribution in [0.3, 0.4) is 0 Å². The predicted molar refractivity (Wildman–Crippen MR) is 109 cm³/mol. The lowest BCUT2D eigenvalue weighted by Crippen LogP contribution is -2.53. The molecule has 2 aliphatic rings. The fourth-order valence-electron chi connectivity index (χ4n) is 4.75. The molecule has 0 unspecified atom stereocenters. The van der Waals surface area contributed by atoms with Crippen LogP contribution in [0.5, 0.6) is 0 Å². The summed E-state index contributed by atoms with van der Waals surface area (Å²) in [5.41, 5.74) is 1.46. The molecule has 0 spiro atoms. The maximum absolute atomic E-state index is 12.7. The van der Waals surface area contributed by atoms with E-state index in [0.717, 1.165) is 25.2 Å². The molecule has 154 valence electrons. The van der Waals surface area contributed by atoms with Crippen LogP contribution in [0.15, 0.2) is 41.3 Å². The number of aromatic amines is 1. The summed E-state index contributed by atoms with van der Waals surface area (Å²) in [7, 11) is 0. The highest BCUT2D eigenvalue weighted by Crippen LogP contribution is 2.40. The number of likely N-dealkylation sites (tertiary alicyclic amines) is 1. The van der Waals surface area contributed by atoms with Gasteiger partial charge >= 0.3 is 0 Å². The molecule has 1 saturated heterocycles. The van der Waals surface area contributed by atoms with E-state index in [1.54, 1.807) is 30.5 Å². The lowest BCUT2D eigenvalue weighted by molar-refractivity contribution is -0.122. The standard InChI is InChI=1S/C21H27N5O3/c1-2-22-19(27)13-25-11-14-9-15(12-25)18(26-17(14)6-3-7-20(26)28)10-24-21(29)16-5-4-8-23-16/h3-8,14-15,18,23H,2,9-13H2,1H3,(H,22,27)(H,24,29)/t14-,15+,18+/m1/s1. The van der Waals surface area contributed by atoms with Crippen molar-refractivity contribution < 1.29 is 9.59 Å². The van der Waals surface area contributed by atoms with Crippen molar-refractivity contribution in [2.45, 2.75) is 25.3 Å². The van der Waals surface area contributed by atoms with Gasteiger partial charge in [0.15, 0.2) is 0 Å². The van der Waals surface area contributed by atoms with Gasteiger partial charge in [-0.05, 0) is 37.5 Å². The van der Waals surface area contributed by atoms with Crippen LogP contribution < -0.4 is 16.2 Å². The van der Waals surface area contributed by atoms with E-state index in [1.807, 2.05) is 17.6 Å². The van der Waals surface area contributed by atoms with E-state index in [-0.39, 0.29) is 35.3 Å². The molecule has 2 amide bonds. The summed E-state index contributed by atoms with van der Waals surface area (Å²) >= 11 is 0. The molecule has 8 heteroatoms. The van der Waals surface area contributed by atoms with Gasteiger partial charge < -0.3 is 20.2 Å². The minimum Gasteiger partial charge on any atom is -0.357 e. The van der Waals surface area contributed by atoms with Gasteiger partial charge in [0.2, 0.25) is 5.91 Å². The number of nitrogens with one attached hydrogen (secondary N) is 3. The van der Waals surface area contributed by atoms with Crippen molar-refractivity contribution in [2.24, 2.45) is 5.92 Å². The van der Waals surface area contributed by atoms with E-state index >= 15 is 0 Å². The second kappa shape index (κ2) is 8.24. The molecule has 0 radical (unpaired) electrons. The van der Waals surface area contributed by atoms with E-state index in [9.17, 15) is 14.4 Å². The fourth-order valence-corrected chi connectivity index (χ4v) is 4.75. The van der Waals surface area contributed by atoms with Crippen molar-refractivity contribution in [1.82, 2.24) is 25.1 Å². The Morgan fingerprint density at radius 1 is 1.17 bits per heavy atom. The van der Waals surface area contributed by atoms with Crippen molar-refractivity contribution in [3.05, 3.63) is 58.3 Å². The lowest BCUT2D eigenvalue weighted by atomic mass is 9.78. The fraction of sp³-hybridized carbons (Fsp3) is 0.476. The second-order valence-electron chi connectivity index (χ2n) is 7.86. The lowest BCUT2D eigenvalue weighted by Gasteiger charge is -2.46. The van der Waals surface area contributed by atoms with E-state index in [1.165, 1.54) is 0 Å². The van der Waals surface area contributed by atoms with Crippen molar-refractivity contribution in [3.63, 3.8) is 0 Å². The minimum atomic E-state index is -0.183. The molecule has 2 aliphatic heterocycles. The number of carbonyl (C=O) groups excluding carboxylic acids is 2. The molecule has 2 bridgehead atoms. The Kier molecular flexibility index (Phi) is 5.53. The SMILES string of the molecule is CCNC(=O)CN1C[C@H]2C[C@@H](C1)[C@H](CNC(=O)c1ccc[nH]1)n1c2cccc1=O. The maximum atomic E-state index is 12.7. The van der Waals surface area contributed by atoms with Crippen LogP contribution in [0.1, 0.15) is 41.5 Å². The number of carbonyl (C=O) groups is 2. The molecule has 2 aromatic rings. The molecule has 1 fully saturated rings. The van der Waals surface area contributed by atoms with Gasteiger partial charge in [-0.25, -0.2) is 0 Å². The Labute approximate surface area is 169 Å². The Morgan fingerprint density at radius 2 is 2.03 bits per heavy atom. The topological polar surface area (TPSA) is 99.2 Å². The number of pyridine rings is 1. The highest BCUT2D eigenvalue weighted by Gasteiger charge is 2.40. The molecule has 4 heterocycles.